The van der Waals surface area contributed by atoms with E-state index in [0.29, 0.717) is 5.69 Å². The van der Waals surface area contributed by atoms with Crippen molar-refractivity contribution in [1.29, 1.82) is 0 Å². The molecule has 0 amide bonds. The van der Waals surface area contributed by atoms with Crippen molar-refractivity contribution in [2.75, 3.05) is 5.73 Å². The van der Waals surface area contributed by atoms with Crippen molar-refractivity contribution in [3.8, 4) is 0 Å². The van der Waals surface area contributed by atoms with Crippen molar-refractivity contribution in [1.82, 2.24) is 0 Å². The van der Waals surface area contributed by atoms with E-state index in [1.54, 1.807) is 0 Å². The van der Waals surface area contributed by atoms with Gasteiger partial charge in [-0.3, -0.25) is 0 Å². The lowest BCUT2D eigenvalue weighted by molar-refractivity contribution is 0.580. The van der Waals surface area contributed by atoms with Gasteiger partial charge in [0.15, 0.2) is 5.58 Å². The molecule has 0 radical (unpaired) electrons. The minimum atomic E-state index is 0.704. The Labute approximate surface area is 64.6 Å². The van der Waals surface area contributed by atoms with Crippen LogP contribution in [0.2, 0.25) is 0 Å². The van der Waals surface area contributed by atoms with Gasteiger partial charge in [-0.05, 0) is 19.1 Å². The first-order chi connectivity index (χ1) is 5.27. The van der Waals surface area contributed by atoms with Crippen LogP contribution >= 0.6 is 0 Å². The topological polar surface area (TPSA) is 39.2 Å². The third-order valence-corrected chi connectivity index (χ3v) is 1.70. The fraction of sp³-hybridized carbons (Fsp3) is 0.111. The molecule has 0 aliphatic heterocycles. The molecule has 2 rings (SSSR count). The molecule has 1 aromatic carbocycles. The first-order valence-electron chi connectivity index (χ1n) is 3.52. The number of furan rings is 1. The first kappa shape index (κ1) is 6.28. The zero-order valence-corrected chi connectivity index (χ0v) is 6.29. The van der Waals surface area contributed by atoms with Crippen LogP contribution in [-0.4, -0.2) is 0 Å². The van der Waals surface area contributed by atoms with Gasteiger partial charge in [-0.2, -0.15) is 0 Å². The molecule has 11 heavy (non-hydrogen) atoms. The molecule has 2 nitrogen and oxygen atoms in total. The third-order valence-electron chi connectivity index (χ3n) is 1.70. The fourth-order valence-corrected chi connectivity index (χ4v) is 1.21. The molecule has 0 atom stereocenters. The monoisotopic (exact) mass is 147 g/mol. The Hall–Kier alpha value is -1.44. The second-order valence-corrected chi connectivity index (χ2v) is 2.62. The molecular formula is C9H9NO. The van der Waals surface area contributed by atoms with Gasteiger partial charge in [0.1, 0.15) is 5.76 Å². The first-order valence-corrected chi connectivity index (χ1v) is 3.52. The van der Waals surface area contributed by atoms with Crippen molar-refractivity contribution < 1.29 is 4.42 Å². The lowest BCUT2D eigenvalue weighted by Crippen LogP contribution is -1.82. The van der Waals surface area contributed by atoms with E-state index in [1.165, 1.54) is 0 Å². The van der Waals surface area contributed by atoms with E-state index in [0.717, 1.165) is 16.7 Å². The molecule has 0 fully saturated rings. The van der Waals surface area contributed by atoms with Gasteiger partial charge in [0.25, 0.3) is 0 Å². The van der Waals surface area contributed by atoms with E-state index in [1.807, 2.05) is 31.2 Å². The summed E-state index contributed by atoms with van der Waals surface area (Å²) in [6.45, 7) is 1.92. The van der Waals surface area contributed by atoms with Crippen LogP contribution in [0.15, 0.2) is 28.7 Å². The van der Waals surface area contributed by atoms with Crippen LogP contribution in [0, 0.1) is 6.92 Å². The summed E-state index contributed by atoms with van der Waals surface area (Å²) in [6, 6.07) is 7.73. The standard InChI is InChI=1S/C9H9NO/c1-6-5-7-3-2-4-8(10)9(7)11-6/h2-5H,10H2,1H3. The Morgan fingerprint density at radius 3 is 2.91 bits per heavy atom. The van der Waals surface area contributed by atoms with E-state index < -0.39 is 0 Å². The molecule has 0 bridgehead atoms. The second kappa shape index (κ2) is 2.02. The summed E-state index contributed by atoms with van der Waals surface area (Å²) in [5.41, 5.74) is 7.18. The molecule has 0 saturated heterocycles. The highest BCUT2D eigenvalue weighted by atomic mass is 16.3. The van der Waals surface area contributed by atoms with E-state index in [-0.39, 0.29) is 0 Å². The highest BCUT2D eigenvalue weighted by Crippen LogP contribution is 2.23. The lowest BCUT2D eigenvalue weighted by Gasteiger charge is -1.91. The summed E-state index contributed by atoms with van der Waals surface area (Å²) in [6.07, 6.45) is 0. The average Bonchev–Trinajstić information content (AvgIpc) is 2.31. The van der Waals surface area contributed by atoms with Crippen molar-refractivity contribution in [3.63, 3.8) is 0 Å². The number of hydrogen-bond acceptors (Lipinski definition) is 2. The Morgan fingerprint density at radius 2 is 2.18 bits per heavy atom. The van der Waals surface area contributed by atoms with Crippen molar-refractivity contribution in [2.24, 2.45) is 0 Å². The van der Waals surface area contributed by atoms with E-state index >= 15 is 0 Å². The molecule has 0 unspecified atom stereocenters. The number of aryl methyl sites for hydroxylation is 1. The summed E-state index contributed by atoms with van der Waals surface area (Å²) < 4.78 is 5.37. The molecule has 1 aromatic heterocycles. The quantitative estimate of drug-likeness (QED) is 0.581. The molecule has 0 saturated carbocycles. The van der Waals surface area contributed by atoms with Gasteiger partial charge in [-0.1, -0.05) is 12.1 Å². The maximum Gasteiger partial charge on any atom is 0.157 e. The van der Waals surface area contributed by atoms with Gasteiger partial charge < -0.3 is 10.2 Å². The molecular weight excluding hydrogens is 138 g/mol. The summed E-state index contributed by atoms with van der Waals surface area (Å²) in [7, 11) is 0. The number of hydrogen-bond donors (Lipinski definition) is 1. The summed E-state index contributed by atoms with van der Waals surface area (Å²) >= 11 is 0. The number of benzene rings is 1. The van der Waals surface area contributed by atoms with Crippen LogP contribution in [-0.2, 0) is 0 Å². The van der Waals surface area contributed by atoms with Gasteiger partial charge in [-0.15, -0.1) is 0 Å². The second-order valence-electron chi connectivity index (χ2n) is 2.62. The van der Waals surface area contributed by atoms with Crippen LogP contribution < -0.4 is 5.73 Å². The zero-order valence-electron chi connectivity index (χ0n) is 6.29. The maximum atomic E-state index is 5.68. The third kappa shape index (κ3) is 0.871. The average molecular weight is 147 g/mol. The molecule has 2 aromatic rings. The van der Waals surface area contributed by atoms with Crippen molar-refractivity contribution in [3.05, 3.63) is 30.0 Å². The van der Waals surface area contributed by atoms with E-state index in [9.17, 15) is 0 Å². The fourth-order valence-electron chi connectivity index (χ4n) is 1.21. The molecule has 0 aliphatic carbocycles. The Bertz CT molecular complexity index is 389. The normalized spacial score (nSPS) is 10.6. The van der Waals surface area contributed by atoms with E-state index in [4.69, 9.17) is 10.2 Å². The van der Waals surface area contributed by atoms with Crippen LogP contribution in [0.3, 0.4) is 0 Å². The van der Waals surface area contributed by atoms with Crippen LogP contribution in [0.1, 0.15) is 5.76 Å². The molecule has 0 spiro atoms. The predicted octanol–water partition coefficient (Wildman–Crippen LogP) is 2.32. The SMILES string of the molecule is Cc1cc2cccc(N)c2o1. The summed E-state index contributed by atoms with van der Waals surface area (Å²) in [5.74, 6) is 0.901. The molecule has 56 valence electrons. The molecule has 1 heterocycles. The minimum absolute atomic E-state index is 0.704. The Kier molecular flexibility index (Phi) is 1.15. The number of anilines is 1. The number of nitrogens with two attached hydrogens (primary N) is 1. The van der Waals surface area contributed by atoms with Gasteiger partial charge in [-0.25, -0.2) is 0 Å². The smallest absolute Gasteiger partial charge is 0.157 e. The van der Waals surface area contributed by atoms with E-state index in [2.05, 4.69) is 0 Å². The van der Waals surface area contributed by atoms with Gasteiger partial charge in [0.2, 0.25) is 0 Å². The maximum absolute atomic E-state index is 5.68. The zero-order chi connectivity index (χ0) is 7.84. The van der Waals surface area contributed by atoms with Gasteiger partial charge in [0, 0.05) is 5.39 Å². The largest absolute Gasteiger partial charge is 0.459 e. The minimum Gasteiger partial charge on any atom is -0.459 e. The van der Waals surface area contributed by atoms with Gasteiger partial charge in [0.05, 0.1) is 5.69 Å². The van der Waals surface area contributed by atoms with Crippen molar-refractivity contribution >= 4 is 16.7 Å². The molecule has 2 heteroatoms. The number of rotatable bonds is 0. The number of fused-ring (bicyclic) bond motifs is 1. The highest BCUT2D eigenvalue weighted by molar-refractivity contribution is 5.88. The Balaban J connectivity index is 2.90. The molecule has 2 N–H and O–H groups in total. The predicted molar refractivity (Wildman–Crippen MR) is 45.4 cm³/mol. The van der Waals surface area contributed by atoms with Gasteiger partial charge >= 0.3 is 0 Å². The summed E-state index contributed by atoms with van der Waals surface area (Å²) in [5, 5.41) is 1.07. The van der Waals surface area contributed by atoms with Crippen LogP contribution in [0.4, 0.5) is 5.69 Å². The number of para-hydroxylation sites is 1. The lowest BCUT2D eigenvalue weighted by atomic mass is 10.2. The van der Waals surface area contributed by atoms with Crippen LogP contribution in [0.25, 0.3) is 11.0 Å². The highest BCUT2D eigenvalue weighted by Gasteiger charge is 2.01. The van der Waals surface area contributed by atoms with Crippen molar-refractivity contribution in [2.45, 2.75) is 6.92 Å². The van der Waals surface area contributed by atoms with Crippen LogP contribution in [0.5, 0.6) is 0 Å². The summed E-state index contributed by atoms with van der Waals surface area (Å²) in [4.78, 5) is 0. The Morgan fingerprint density at radius 1 is 1.36 bits per heavy atom. The molecule has 0 aliphatic rings. The number of nitrogen functional groups attached to an aromatic ring is 1.